The van der Waals surface area contributed by atoms with Crippen LogP contribution in [0.3, 0.4) is 0 Å². The van der Waals surface area contributed by atoms with Crippen molar-refractivity contribution in [1.82, 2.24) is 15.4 Å². The van der Waals surface area contributed by atoms with E-state index in [4.69, 9.17) is 16.8 Å². The van der Waals surface area contributed by atoms with Gasteiger partial charge >= 0.3 is 0 Å². The highest BCUT2D eigenvalue weighted by Crippen LogP contribution is 2.31. The second-order valence-electron chi connectivity index (χ2n) is 7.35. The fourth-order valence-corrected chi connectivity index (χ4v) is 3.46. The number of fused-ring (bicyclic) bond motifs is 1. The minimum absolute atomic E-state index is 0.163. The molecule has 4 aromatic rings. The van der Waals surface area contributed by atoms with Crippen molar-refractivity contribution in [2.24, 2.45) is 0 Å². The Hall–Kier alpha value is -3.88. The molecule has 0 aliphatic rings. The number of benzene rings is 3. The van der Waals surface area contributed by atoms with Crippen molar-refractivity contribution in [2.75, 3.05) is 24.3 Å². The molecule has 3 aromatic carbocycles. The fraction of sp³-hybridized carbons (Fsp3) is 0.0870. The highest BCUT2D eigenvalue weighted by molar-refractivity contribution is 6.33. The molecule has 4 rings (SSSR count). The minimum Gasteiger partial charge on any atom is -0.378 e. The number of anilines is 2. The minimum atomic E-state index is -0.698. The maximum atomic E-state index is 12.7. The second kappa shape index (κ2) is 8.70. The van der Waals surface area contributed by atoms with Gasteiger partial charge in [0.15, 0.2) is 0 Å². The average Bonchev–Trinajstić information content (AvgIpc) is 3.23. The van der Waals surface area contributed by atoms with Crippen LogP contribution >= 0.6 is 11.6 Å². The molecule has 0 aliphatic heterocycles. The number of rotatable bonds is 5. The van der Waals surface area contributed by atoms with E-state index in [0.29, 0.717) is 22.1 Å². The Morgan fingerprint density at radius 3 is 2.47 bits per heavy atom. The fourth-order valence-electron chi connectivity index (χ4n) is 3.25. The van der Waals surface area contributed by atoms with Gasteiger partial charge < -0.3 is 15.2 Å². The SMILES string of the molecule is CN(C)c1ccc2[nH]c(-c3cc(NC(=O)c4cccc(C(=O)NO)c4)ccc3Cl)nc2c1. The molecule has 2 amide bonds. The molecule has 162 valence electrons. The summed E-state index contributed by atoms with van der Waals surface area (Å²) in [6.45, 7) is 0. The number of nitrogens with zero attached hydrogens (tertiary/aromatic N) is 2. The Morgan fingerprint density at radius 1 is 1.00 bits per heavy atom. The van der Waals surface area contributed by atoms with Crippen LogP contribution in [-0.4, -0.2) is 41.1 Å². The first-order valence-electron chi connectivity index (χ1n) is 9.68. The standard InChI is InChI=1S/C23H20ClN5O3/c1-29(2)16-7-9-19-20(12-16)27-21(26-19)17-11-15(6-8-18(17)24)25-22(30)13-4-3-5-14(10-13)23(31)28-32/h3-12,32H,1-2H3,(H,25,30)(H,26,27)(H,28,31). The lowest BCUT2D eigenvalue weighted by Crippen LogP contribution is -2.19. The number of aromatic amines is 1. The zero-order chi connectivity index (χ0) is 22.8. The summed E-state index contributed by atoms with van der Waals surface area (Å²) in [6.07, 6.45) is 0. The van der Waals surface area contributed by atoms with Crippen molar-refractivity contribution in [3.8, 4) is 11.4 Å². The summed E-state index contributed by atoms with van der Waals surface area (Å²) < 4.78 is 0. The Kier molecular flexibility index (Phi) is 5.81. The van der Waals surface area contributed by atoms with E-state index in [1.165, 1.54) is 12.1 Å². The number of H-pyrrole nitrogens is 1. The van der Waals surface area contributed by atoms with Crippen LogP contribution in [0, 0.1) is 0 Å². The maximum absolute atomic E-state index is 12.7. The van der Waals surface area contributed by atoms with Gasteiger partial charge in [-0.05, 0) is 54.6 Å². The summed E-state index contributed by atoms with van der Waals surface area (Å²) in [4.78, 5) is 34.2. The van der Waals surface area contributed by atoms with Gasteiger partial charge in [0.1, 0.15) is 5.82 Å². The normalized spacial score (nSPS) is 10.8. The van der Waals surface area contributed by atoms with Crippen molar-refractivity contribution in [1.29, 1.82) is 0 Å². The van der Waals surface area contributed by atoms with Gasteiger partial charge in [-0.25, -0.2) is 10.5 Å². The Balaban J connectivity index is 1.63. The van der Waals surface area contributed by atoms with Crippen LogP contribution in [0.25, 0.3) is 22.4 Å². The van der Waals surface area contributed by atoms with Gasteiger partial charge in [-0.3, -0.25) is 14.8 Å². The molecule has 0 atom stereocenters. The second-order valence-corrected chi connectivity index (χ2v) is 7.76. The van der Waals surface area contributed by atoms with E-state index in [0.717, 1.165) is 16.7 Å². The number of hydroxylamine groups is 1. The van der Waals surface area contributed by atoms with E-state index in [2.05, 4.69) is 15.3 Å². The Morgan fingerprint density at radius 2 is 1.75 bits per heavy atom. The largest absolute Gasteiger partial charge is 0.378 e. The van der Waals surface area contributed by atoms with Crippen LogP contribution in [0.15, 0.2) is 60.7 Å². The van der Waals surface area contributed by atoms with Crippen molar-refractivity contribution in [3.05, 3.63) is 76.8 Å². The van der Waals surface area contributed by atoms with Crippen LogP contribution < -0.4 is 15.7 Å². The summed E-state index contributed by atoms with van der Waals surface area (Å²) in [7, 11) is 3.92. The summed E-state index contributed by atoms with van der Waals surface area (Å²) in [5.41, 5.74) is 5.83. The molecule has 1 aromatic heterocycles. The first kappa shape index (κ1) is 21.4. The Bertz CT molecular complexity index is 1330. The highest BCUT2D eigenvalue weighted by atomic mass is 35.5. The molecule has 0 spiro atoms. The molecular weight excluding hydrogens is 430 g/mol. The highest BCUT2D eigenvalue weighted by Gasteiger charge is 2.14. The van der Waals surface area contributed by atoms with Crippen LogP contribution in [0.2, 0.25) is 5.02 Å². The third-order valence-corrected chi connectivity index (χ3v) is 5.28. The van der Waals surface area contributed by atoms with Gasteiger partial charge in [0.25, 0.3) is 11.8 Å². The first-order valence-corrected chi connectivity index (χ1v) is 10.1. The van der Waals surface area contributed by atoms with E-state index in [1.54, 1.807) is 35.8 Å². The third-order valence-electron chi connectivity index (χ3n) is 4.95. The van der Waals surface area contributed by atoms with E-state index < -0.39 is 11.8 Å². The van der Waals surface area contributed by atoms with Gasteiger partial charge in [0.05, 0.1) is 16.1 Å². The number of aromatic nitrogens is 2. The maximum Gasteiger partial charge on any atom is 0.274 e. The smallest absolute Gasteiger partial charge is 0.274 e. The van der Waals surface area contributed by atoms with Crippen molar-refractivity contribution >= 4 is 45.8 Å². The Labute approximate surface area is 188 Å². The quantitative estimate of drug-likeness (QED) is 0.268. The third kappa shape index (κ3) is 4.27. The molecule has 4 N–H and O–H groups in total. The van der Waals surface area contributed by atoms with E-state index in [9.17, 15) is 9.59 Å². The zero-order valence-corrected chi connectivity index (χ0v) is 18.1. The first-order chi connectivity index (χ1) is 15.4. The number of hydrogen-bond donors (Lipinski definition) is 4. The lowest BCUT2D eigenvalue weighted by Gasteiger charge is -2.11. The summed E-state index contributed by atoms with van der Waals surface area (Å²) in [5, 5.41) is 12.1. The van der Waals surface area contributed by atoms with Crippen LogP contribution in [0.1, 0.15) is 20.7 Å². The molecule has 0 fully saturated rings. The van der Waals surface area contributed by atoms with Gasteiger partial charge in [0, 0.05) is 42.2 Å². The molecule has 8 nitrogen and oxygen atoms in total. The summed E-state index contributed by atoms with van der Waals surface area (Å²) in [5.74, 6) is -0.527. The van der Waals surface area contributed by atoms with Gasteiger partial charge in [-0.2, -0.15) is 0 Å². The topological polar surface area (TPSA) is 110 Å². The molecule has 32 heavy (non-hydrogen) atoms. The molecule has 0 aliphatic carbocycles. The number of nitrogens with one attached hydrogen (secondary N) is 3. The van der Waals surface area contributed by atoms with Crippen LogP contribution in [-0.2, 0) is 0 Å². The lowest BCUT2D eigenvalue weighted by atomic mass is 10.1. The summed E-state index contributed by atoms with van der Waals surface area (Å²) in [6, 6.07) is 17.0. The summed E-state index contributed by atoms with van der Waals surface area (Å²) >= 11 is 6.42. The molecule has 0 radical (unpaired) electrons. The molecule has 9 heteroatoms. The molecule has 0 saturated carbocycles. The predicted octanol–water partition coefficient (Wildman–Crippen LogP) is 4.32. The van der Waals surface area contributed by atoms with Crippen molar-refractivity contribution in [3.63, 3.8) is 0 Å². The number of amides is 2. The number of hydrogen-bond acceptors (Lipinski definition) is 5. The van der Waals surface area contributed by atoms with Gasteiger partial charge in [-0.15, -0.1) is 0 Å². The van der Waals surface area contributed by atoms with Gasteiger partial charge in [0.2, 0.25) is 0 Å². The van der Waals surface area contributed by atoms with Crippen molar-refractivity contribution < 1.29 is 14.8 Å². The molecule has 1 heterocycles. The van der Waals surface area contributed by atoms with Crippen LogP contribution in [0.4, 0.5) is 11.4 Å². The van der Waals surface area contributed by atoms with E-state index in [1.807, 2.05) is 37.2 Å². The lowest BCUT2D eigenvalue weighted by molar-refractivity contribution is 0.0706. The molecular formula is C23H20ClN5O3. The predicted molar refractivity (Wildman–Crippen MR) is 125 cm³/mol. The molecule has 0 unspecified atom stereocenters. The monoisotopic (exact) mass is 449 g/mol. The number of carbonyl (C=O) groups excluding carboxylic acids is 2. The molecule has 0 bridgehead atoms. The molecule has 0 saturated heterocycles. The van der Waals surface area contributed by atoms with E-state index >= 15 is 0 Å². The number of halogens is 1. The average molecular weight is 450 g/mol. The number of imidazole rings is 1. The van der Waals surface area contributed by atoms with Gasteiger partial charge in [-0.1, -0.05) is 17.7 Å². The number of carbonyl (C=O) groups is 2. The van der Waals surface area contributed by atoms with Crippen molar-refractivity contribution in [2.45, 2.75) is 0 Å². The van der Waals surface area contributed by atoms with Crippen LogP contribution in [0.5, 0.6) is 0 Å². The van der Waals surface area contributed by atoms with E-state index in [-0.39, 0.29) is 11.1 Å². The zero-order valence-electron chi connectivity index (χ0n) is 17.3.